The molecule has 1 saturated heterocycles. The molecule has 4 rings (SSSR count). The Morgan fingerprint density at radius 1 is 1.24 bits per heavy atom. The van der Waals surface area contributed by atoms with Gasteiger partial charge in [-0.05, 0) is 44.1 Å². The van der Waals surface area contributed by atoms with Crippen molar-refractivity contribution in [3.05, 3.63) is 29.1 Å². The van der Waals surface area contributed by atoms with E-state index in [2.05, 4.69) is 33.6 Å². The summed E-state index contributed by atoms with van der Waals surface area (Å²) in [5.74, 6) is 0.689. The van der Waals surface area contributed by atoms with Gasteiger partial charge in [0.15, 0.2) is 0 Å². The Morgan fingerprint density at radius 3 is 2.49 bits per heavy atom. The van der Waals surface area contributed by atoms with Crippen molar-refractivity contribution in [1.82, 2.24) is 4.90 Å². The highest BCUT2D eigenvalue weighted by atomic mass is 19.4. The van der Waals surface area contributed by atoms with Crippen LogP contribution in [-0.4, -0.2) is 43.7 Å². The maximum absolute atomic E-state index is 13.1. The molecule has 3 heterocycles. The Hall–Kier alpha value is -2.31. The van der Waals surface area contributed by atoms with Crippen LogP contribution in [0, 0.1) is 24.7 Å². The van der Waals surface area contributed by atoms with E-state index in [1.165, 1.54) is 32.8 Å². The summed E-state index contributed by atoms with van der Waals surface area (Å²) in [6.45, 7) is 9.13. The molecule has 0 aromatic carbocycles. The first-order valence-corrected chi connectivity index (χ1v) is 13.2. The molecule has 0 radical (unpaired) electrons. The van der Waals surface area contributed by atoms with Crippen molar-refractivity contribution in [3.63, 3.8) is 0 Å². The van der Waals surface area contributed by atoms with Crippen LogP contribution in [0.15, 0.2) is 12.3 Å². The van der Waals surface area contributed by atoms with Crippen LogP contribution in [0.25, 0.3) is 0 Å². The van der Waals surface area contributed by atoms with E-state index < -0.39 is 11.7 Å². The minimum Gasteiger partial charge on any atom is -0.381 e. The van der Waals surface area contributed by atoms with E-state index in [0.29, 0.717) is 30.6 Å². The fraction of sp³-hybridized carbons (Fsp3) is 0.714. The monoisotopic (exact) mass is 528 g/mol. The number of nitrogens with two attached hydrogens (primary N) is 1. The molecule has 1 saturated carbocycles. The number of alkyl halides is 3. The van der Waals surface area contributed by atoms with Crippen LogP contribution in [-0.2, 0) is 28.7 Å². The molecule has 1 aromatic heterocycles. The van der Waals surface area contributed by atoms with Gasteiger partial charge in [-0.3, -0.25) is 9.63 Å². The molecule has 1 aromatic rings. The van der Waals surface area contributed by atoms with E-state index in [9.17, 15) is 18.0 Å². The molecule has 37 heavy (non-hydrogen) atoms. The van der Waals surface area contributed by atoms with Crippen LogP contribution in [0.5, 0.6) is 0 Å². The average Bonchev–Trinajstić information content (AvgIpc) is 3.17. The second-order valence-electron chi connectivity index (χ2n) is 9.87. The lowest BCUT2D eigenvalue weighted by atomic mass is 10.00. The molecule has 1 amide bonds. The summed E-state index contributed by atoms with van der Waals surface area (Å²) >= 11 is 0. The highest BCUT2D eigenvalue weighted by Gasteiger charge is 2.39. The number of rotatable bonds is 2. The van der Waals surface area contributed by atoms with E-state index in [0.717, 1.165) is 49.0 Å². The standard InChI is InChI=1S/C16H21F3N3O2.C7H14O.C3H8.C2H2/c1-24-22-9-12(16(17,18)19)6-11-8-21(5-4-14(11)22)15(23)10-2-3-13(20)7-10;1-7-4-2-3-5-8-6-7;1-3-2;1-2/h6,9-10,13H,2-5,7-8,20H2,1H3;7H,2-6H2,1H3;3H2,1-2H3;1-2H/q+1;;;/t10-,13+;7-;;/m01../s1. The van der Waals surface area contributed by atoms with Crippen molar-refractivity contribution in [2.24, 2.45) is 17.6 Å². The van der Waals surface area contributed by atoms with Crippen LogP contribution in [0.3, 0.4) is 0 Å². The zero-order valence-electron chi connectivity index (χ0n) is 22.9. The van der Waals surface area contributed by atoms with E-state index in [1.54, 1.807) is 4.90 Å². The smallest absolute Gasteiger partial charge is 0.381 e. The lowest BCUT2D eigenvalue weighted by Crippen LogP contribution is -2.50. The van der Waals surface area contributed by atoms with Gasteiger partial charge in [-0.25, -0.2) is 0 Å². The van der Waals surface area contributed by atoms with Gasteiger partial charge in [0.25, 0.3) is 0 Å². The van der Waals surface area contributed by atoms with Crippen LogP contribution < -0.4 is 15.3 Å². The topological polar surface area (TPSA) is 68.7 Å². The van der Waals surface area contributed by atoms with E-state index in [-0.39, 0.29) is 24.4 Å². The van der Waals surface area contributed by atoms with Crippen molar-refractivity contribution in [2.45, 2.75) is 90.9 Å². The van der Waals surface area contributed by atoms with Crippen LogP contribution in [0.2, 0.25) is 0 Å². The molecule has 1 aliphatic carbocycles. The van der Waals surface area contributed by atoms with Gasteiger partial charge in [0, 0.05) is 42.0 Å². The first-order chi connectivity index (χ1) is 17.6. The van der Waals surface area contributed by atoms with E-state index in [1.807, 2.05) is 0 Å². The number of aromatic nitrogens is 1. The number of nitrogens with zero attached hydrogens (tertiary/aromatic N) is 2. The first kappa shape index (κ1) is 32.7. The summed E-state index contributed by atoms with van der Waals surface area (Å²) in [7, 11) is 1.33. The van der Waals surface area contributed by atoms with Crippen molar-refractivity contribution in [3.8, 4) is 12.8 Å². The molecule has 0 spiro atoms. The lowest BCUT2D eigenvalue weighted by molar-refractivity contribution is -0.891. The molecule has 0 unspecified atom stereocenters. The molecule has 9 heteroatoms. The zero-order valence-corrected chi connectivity index (χ0v) is 22.9. The maximum atomic E-state index is 13.1. The minimum absolute atomic E-state index is 0.00465. The Kier molecular flexibility index (Phi) is 14.6. The molecular formula is C28H45F3N3O3+. The Morgan fingerprint density at radius 2 is 1.92 bits per heavy atom. The molecule has 3 atom stereocenters. The van der Waals surface area contributed by atoms with Gasteiger partial charge < -0.3 is 15.4 Å². The van der Waals surface area contributed by atoms with Crippen molar-refractivity contribution in [1.29, 1.82) is 0 Å². The number of carbonyl (C=O) groups excluding carboxylic acids is 1. The quantitative estimate of drug-likeness (QED) is 0.452. The fourth-order valence-corrected chi connectivity index (χ4v) is 4.66. The van der Waals surface area contributed by atoms with Crippen LogP contribution >= 0.6 is 0 Å². The van der Waals surface area contributed by atoms with E-state index in [4.69, 9.17) is 15.3 Å². The van der Waals surface area contributed by atoms with Crippen molar-refractivity contribution in [2.75, 3.05) is 26.9 Å². The summed E-state index contributed by atoms with van der Waals surface area (Å²) in [5.41, 5.74) is 6.24. The molecule has 2 N–H and O–H groups in total. The number of terminal acetylenes is 1. The van der Waals surface area contributed by atoms with Gasteiger partial charge in [0.1, 0.15) is 12.7 Å². The molecular weight excluding hydrogens is 483 g/mol. The third kappa shape index (κ3) is 10.5. The van der Waals surface area contributed by atoms with Gasteiger partial charge in [0.05, 0.1) is 13.0 Å². The number of amides is 1. The van der Waals surface area contributed by atoms with Crippen LogP contribution in [0.1, 0.15) is 82.5 Å². The molecule has 2 fully saturated rings. The highest BCUT2D eigenvalue weighted by molar-refractivity contribution is 5.79. The van der Waals surface area contributed by atoms with Gasteiger partial charge in [-0.15, -0.1) is 12.8 Å². The summed E-state index contributed by atoms with van der Waals surface area (Å²) in [6.07, 6.45) is 12.4. The minimum atomic E-state index is -4.46. The molecule has 2 aliphatic heterocycles. The number of ether oxygens (including phenoxy) is 1. The highest BCUT2D eigenvalue weighted by Crippen LogP contribution is 2.32. The number of pyridine rings is 1. The first-order valence-electron chi connectivity index (χ1n) is 13.2. The summed E-state index contributed by atoms with van der Waals surface area (Å²) in [4.78, 5) is 19.3. The summed E-state index contributed by atoms with van der Waals surface area (Å²) in [6, 6.07) is 1.16. The number of halogens is 3. The molecule has 6 nitrogen and oxygen atoms in total. The SMILES string of the molecule is C#C.CCC.CO[n+]1cc(C(F)(F)F)cc2c1CCN(C(=O)[C@H]1CC[C@@H](N)C1)C2.C[C@@H]1CCCCOC1. The predicted octanol–water partition coefficient (Wildman–Crippen LogP) is 4.55. The molecule has 3 aliphatic rings. The normalized spacial score (nSPS) is 23.0. The number of hydrogen-bond acceptors (Lipinski definition) is 4. The maximum Gasteiger partial charge on any atom is 0.422 e. The van der Waals surface area contributed by atoms with Gasteiger partial charge in [-0.1, -0.05) is 33.6 Å². The van der Waals surface area contributed by atoms with Gasteiger partial charge in [0.2, 0.25) is 17.8 Å². The van der Waals surface area contributed by atoms with E-state index >= 15 is 0 Å². The summed E-state index contributed by atoms with van der Waals surface area (Å²) in [5, 5.41) is 0. The third-order valence-electron chi connectivity index (χ3n) is 6.50. The fourth-order valence-electron chi connectivity index (χ4n) is 4.66. The lowest BCUT2D eigenvalue weighted by Gasteiger charge is -2.29. The Balaban J connectivity index is 0.000000437. The largest absolute Gasteiger partial charge is 0.422 e. The zero-order chi connectivity index (χ0) is 28.0. The second kappa shape index (κ2) is 16.5. The molecule has 210 valence electrons. The number of fused-ring (bicyclic) bond motifs is 1. The Labute approximate surface area is 220 Å². The number of carbonyl (C=O) groups is 1. The van der Waals surface area contributed by atoms with Crippen molar-refractivity contribution >= 4 is 5.91 Å². The van der Waals surface area contributed by atoms with Crippen molar-refractivity contribution < 1.29 is 32.3 Å². The predicted molar refractivity (Wildman–Crippen MR) is 138 cm³/mol. The second-order valence-corrected chi connectivity index (χ2v) is 9.87. The summed E-state index contributed by atoms with van der Waals surface area (Å²) < 4.78 is 45.6. The molecule has 0 bridgehead atoms. The van der Waals surface area contributed by atoms with Crippen LogP contribution in [0.4, 0.5) is 13.2 Å². The Bertz CT molecular complexity index is 837. The van der Waals surface area contributed by atoms with Gasteiger partial charge in [-0.2, -0.15) is 13.2 Å². The van der Waals surface area contributed by atoms with Gasteiger partial charge >= 0.3 is 6.18 Å². The third-order valence-corrected chi connectivity index (χ3v) is 6.50. The number of hydrogen-bond donors (Lipinski definition) is 1. The average molecular weight is 529 g/mol.